The number of nitrogens with one attached hydrogen (secondary N) is 1. The van der Waals surface area contributed by atoms with Crippen molar-refractivity contribution in [1.82, 2.24) is 9.97 Å². The highest BCUT2D eigenvalue weighted by Crippen LogP contribution is 2.25. The van der Waals surface area contributed by atoms with Gasteiger partial charge >= 0.3 is 0 Å². The van der Waals surface area contributed by atoms with E-state index in [2.05, 4.69) is 21.5 Å². The van der Waals surface area contributed by atoms with Gasteiger partial charge in [-0.05, 0) is 23.7 Å². The van der Waals surface area contributed by atoms with Crippen LogP contribution in [0, 0.1) is 6.20 Å². The number of hydrogen-bond acceptors (Lipinski definition) is 4. The summed E-state index contributed by atoms with van der Waals surface area (Å²) in [5.41, 5.74) is 0.813. The van der Waals surface area contributed by atoms with Crippen molar-refractivity contribution in [3.63, 3.8) is 0 Å². The first kappa shape index (κ1) is 10.7. The zero-order chi connectivity index (χ0) is 11.4. The van der Waals surface area contributed by atoms with Gasteiger partial charge in [0, 0.05) is 6.07 Å². The molecule has 1 N–H and O–H groups in total. The molecule has 0 aliphatic heterocycles. The van der Waals surface area contributed by atoms with E-state index in [0.29, 0.717) is 5.82 Å². The fourth-order valence-electron chi connectivity index (χ4n) is 1.25. The zero-order valence-corrected chi connectivity index (χ0v) is 9.32. The third kappa shape index (κ3) is 2.41. The van der Waals surface area contributed by atoms with E-state index < -0.39 is 0 Å². The van der Waals surface area contributed by atoms with Gasteiger partial charge in [0.1, 0.15) is 11.6 Å². The molecule has 2 rings (SSSR count). The molecular weight excluding hydrogens is 226 g/mol. The molecule has 0 spiro atoms. The lowest BCUT2D eigenvalue weighted by Crippen LogP contribution is -1.97. The molecule has 2 aromatic rings. The summed E-state index contributed by atoms with van der Waals surface area (Å²) in [5, 5.41) is 3.23. The molecular formula is C11H9ClN3O. The molecule has 0 amide bonds. The topological polar surface area (TPSA) is 47.0 Å². The maximum Gasteiger partial charge on any atom is 0.224 e. The lowest BCUT2D eigenvalue weighted by atomic mass is 10.3. The second-order valence-electron chi connectivity index (χ2n) is 2.98. The van der Waals surface area contributed by atoms with Crippen LogP contribution < -0.4 is 10.1 Å². The van der Waals surface area contributed by atoms with Gasteiger partial charge in [-0.3, -0.25) is 0 Å². The van der Waals surface area contributed by atoms with Crippen molar-refractivity contribution < 1.29 is 4.74 Å². The summed E-state index contributed by atoms with van der Waals surface area (Å²) in [4.78, 5) is 7.68. The second kappa shape index (κ2) is 4.81. The Morgan fingerprint density at radius 3 is 2.94 bits per heavy atom. The predicted octanol–water partition coefficient (Wildman–Crippen LogP) is 2.68. The van der Waals surface area contributed by atoms with E-state index in [4.69, 9.17) is 16.3 Å². The Bertz CT molecular complexity index is 490. The summed E-state index contributed by atoms with van der Waals surface area (Å²) in [5.74, 6) is 1.31. The average Bonchev–Trinajstić information content (AvgIpc) is 2.30. The number of anilines is 2. The molecule has 4 nitrogen and oxygen atoms in total. The minimum atomic E-state index is 0.153. The molecule has 1 radical (unpaired) electrons. The maximum absolute atomic E-state index is 5.66. The van der Waals surface area contributed by atoms with Gasteiger partial charge in [0.2, 0.25) is 5.28 Å². The van der Waals surface area contributed by atoms with Crippen molar-refractivity contribution in [3.05, 3.63) is 41.8 Å². The lowest BCUT2D eigenvalue weighted by molar-refractivity contribution is 0.417. The fraction of sp³-hybridized carbons (Fsp3) is 0.0909. The molecule has 16 heavy (non-hydrogen) atoms. The summed E-state index contributed by atoms with van der Waals surface area (Å²) >= 11 is 5.66. The van der Waals surface area contributed by atoms with Crippen LogP contribution in [0.4, 0.5) is 11.5 Å². The van der Waals surface area contributed by atoms with Crippen LogP contribution in [0.1, 0.15) is 0 Å². The minimum absolute atomic E-state index is 0.153. The number of methoxy groups -OCH3 is 1. The molecule has 1 heterocycles. The normalized spacial score (nSPS) is 9.88. The number of rotatable bonds is 3. The van der Waals surface area contributed by atoms with Gasteiger partial charge in [0.15, 0.2) is 0 Å². The van der Waals surface area contributed by atoms with Crippen molar-refractivity contribution >= 4 is 23.1 Å². The van der Waals surface area contributed by atoms with Crippen LogP contribution in [-0.2, 0) is 0 Å². The smallest absolute Gasteiger partial charge is 0.224 e. The molecule has 0 fully saturated rings. The maximum atomic E-state index is 5.66. The van der Waals surface area contributed by atoms with Gasteiger partial charge in [-0.25, -0.2) is 9.97 Å². The molecule has 0 unspecified atom stereocenters. The Morgan fingerprint density at radius 2 is 2.19 bits per heavy atom. The fourth-order valence-corrected chi connectivity index (χ4v) is 1.39. The minimum Gasteiger partial charge on any atom is -0.495 e. The van der Waals surface area contributed by atoms with E-state index in [1.807, 2.05) is 24.3 Å². The van der Waals surface area contributed by atoms with Crippen LogP contribution in [0.25, 0.3) is 0 Å². The van der Waals surface area contributed by atoms with Crippen LogP contribution in [0.3, 0.4) is 0 Å². The molecule has 0 atom stereocenters. The number of benzene rings is 1. The van der Waals surface area contributed by atoms with E-state index in [-0.39, 0.29) is 5.28 Å². The molecule has 0 aliphatic rings. The number of halogens is 1. The average molecular weight is 235 g/mol. The van der Waals surface area contributed by atoms with Gasteiger partial charge < -0.3 is 10.1 Å². The zero-order valence-electron chi connectivity index (χ0n) is 8.57. The van der Waals surface area contributed by atoms with Gasteiger partial charge in [-0.2, -0.15) is 0 Å². The first-order valence-electron chi connectivity index (χ1n) is 4.60. The lowest BCUT2D eigenvalue weighted by Gasteiger charge is -2.09. The number of ether oxygens (including phenoxy) is 1. The van der Waals surface area contributed by atoms with E-state index in [1.165, 1.54) is 0 Å². The van der Waals surface area contributed by atoms with Gasteiger partial charge in [0.25, 0.3) is 0 Å². The number of aromatic nitrogens is 2. The largest absolute Gasteiger partial charge is 0.495 e. The summed E-state index contributed by atoms with van der Waals surface area (Å²) < 4.78 is 5.20. The van der Waals surface area contributed by atoms with Gasteiger partial charge in [0.05, 0.1) is 19.0 Å². The summed E-state index contributed by atoms with van der Waals surface area (Å²) in [6.45, 7) is 0. The van der Waals surface area contributed by atoms with E-state index >= 15 is 0 Å². The van der Waals surface area contributed by atoms with E-state index in [9.17, 15) is 0 Å². The summed E-state index contributed by atoms with van der Waals surface area (Å²) in [6.07, 6.45) is 2.64. The Balaban J connectivity index is 2.26. The number of para-hydroxylation sites is 2. The van der Waals surface area contributed by atoms with Crippen molar-refractivity contribution in [1.29, 1.82) is 0 Å². The SMILES string of the molecule is COc1ccccc1Nc1c[c]nc(Cl)n1. The van der Waals surface area contributed by atoms with Crippen LogP contribution >= 0.6 is 11.6 Å². The molecule has 1 aromatic heterocycles. The van der Waals surface area contributed by atoms with Crippen LogP contribution in [-0.4, -0.2) is 17.1 Å². The highest BCUT2D eigenvalue weighted by molar-refractivity contribution is 6.28. The molecule has 0 saturated carbocycles. The molecule has 1 aromatic carbocycles. The highest BCUT2D eigenvalue weighted by Gasteiger charge is 2.03. The van der Waals surface area contributed by atoms with Crippen molar-refractivity contribution in [2.24, 2.45) is 0 Å². The Kier molecular flexibility index (Phi) is 3.22. The van der Waals surface area contributed by atoms with Gasteiger partial charge in [-0.1, -0.05) is 12.1 Å². The summed E-state index contributed by atoms with van der Waals surface area (Å²) in [6, 6.07) is 9.14. The van der Waals surface area contributed by atoms with Crippen molar-refractivity contribution in [3.8, 4) is 5.75 Å². The first-order valence-corrected chi connectivity index (χ1v) is 4.98. The molecule has 5 heteroatoms. The highest BCUT2D eigenvalue weighted by atomic mass is 35.5. The molecule has 0 bridgehead atoms. The third-order valence-electron chi connectivity index (χ3n) is 1.94. The third-order valence-corrected chi connectivity index (χ3v) is 2.11. The number of nitrogens with zero attached hydrogens (tertiary/aromatic N) is 2. The van der Waals surface area contributed by atoms with E-state index in [1.54, 1.807) is 13.2 Å². The number of hydrogen-bond donors (Lipinski definition) is 1. The first-order chi connectivity index (χ1) is 7.79. The van der Waals surface area contributed by atoms with E-state index in [0.717, 1.165) is 11.4 Å². The van der Waals surface area contributed by atoms with Gasteiger partial charge in [-0.15, -0.1) is 0 Å². The quantitative estimate of drug-likeness (QED) is 0.830. The Hall–Kier alpha value is -1.81. The molecule has 0 saturated heterocycles. The molecule has 81 valence electrons. The van der Waals surface area contributed by atoms with Crippen LogP contribution in [0.2, 0.25) is 5.28 Å². The Morgan fingerprint density at radius 1 is 1.38 bits per heavy atom. The van der Waals surface area contributed by atoms with Crippen molar-refractivity contribution in [2.45, 2.75) is 0 Å². The second-order valence-corrected chi connectivity index (χ2v) is 3.31. The Labute approximate surface area is 98.3 Å². The van der Waals surface area contributed by atoms with Crippen LogP contribution in [0.15, 0.2) is 30.3 Å². The predicted molar refractivity (Wildman–Crippen MR) is 62.2 cm³/mol. The van der Waals surface area contributed by atoms with Crippen molar-refractivity contribution in [2.75, 3.05) is 12.4 Å². The standard InChI is InChI=1S/C11H9ClN3O/c1-16-9-5-3-2-4-8(9)14-10-6-7-13-11(12)15-10/h2-6H,1H3,(H,13,14,15). The molecule has 0 aliphatic carbocycles. The monoisotopic (exact) mass is 234 g/mol. The van der Waals surface area contributed by atoms with Crippen LogP contribution in [0.5, 0.6) is 5.75 Å². The summed E-state index contributed by atoms with van der Waals surface area (Å²) in [7, 11) is 1.61.